The number of aryl methyl sites for hydroxylation is 1. The highest BCUT2D eigenvalue weighted by Gasteiger charge is 2.11. The molecule has 0 saturated heterocycles. The van der Waals surface area contributed by atoms with E-state index >= 15 is 0 Å². The molecule has 0 fully saturated rings. The van der Waals surface area contributed by atoms with E-state index in [0.29, 0.717) is 35.3 Å². The molecule has 0 aliphatic rings. The Morgan fingerprint density at radius 3 is 3.00 bits per heavy atom. The molecule has 0 bridgehead atoms. The summed E-state index contributed by atoms with van der Waals surface area (Å²) in [5.41, 5.74) is 1.46. The molecule has 0 atom stereocenters. The van der Waals surface area contributed by atoms with Gasteiger partial charge in [-0.25, -0.2) is 4.98 Å². The number of amides is 1. The zero-order valence-corrected chi connectivity index (χ0v) is 10.3. The highest BCUT2D eigenvalue weighted by atomic mass is 16.5. The van der Waals surface area contributed by atoms with Gasteiger partial charge in [0.2, 0.25) is 0 Å². The average Bonchev–Trinajstić information content (AvgIpc) is 2.75. The van der Waals surface area contributed by atoms with Gasteiger partial charge in [-0.3, -0.25) is 9.59 Å². The number of aliphatic carboxylic acids is 1. The Labute approximate surface area is 108 Å². The first-order valence-corrected chi connectivity index (χ1v) is 5.80. The molecule has 7 nitrogen and oxygen atoms in total. The predicted molar refractivity (Wildman–Crippen MR) is 65.7 cm³/mol. The summed E-state index contributed by atoms with van der Waals surface area (Å²) < 4.78 is 4.95. The van der Waals surface area contributed by atoms with Crippen LogP contribution in [0.4, 0.5) is 0 Å². The molecule has 7 heteroatoms. The van der Waals surface area contributed by atoms with Crippen LogP contribution in [0.1, 0.15) is 28.9 Å². The van der Waals surface area contributed by atoms with Crippen LogP contribution in [0.25, 0.3) is 11.1 Å². The Balaban J connectivity index is 2.00. The summed E-state index contributed by atoms with van der Waals surface area (Å²) in [7, 11) is 0. The number of aromatic nitrogens is 2. The van der Waals surface area contributed by atoms with Crippen molar-refractivity contribution in [1.82, 2.24) is 15.5 Å². The first kappa shape index (κ1) is 13.0. The van der Waals surface area contributed by atoms with E-state index in [0.717, 1.165) is 0 Å². The molecule has 2 aromatic rings. The zero-order chi connectivity index (χ0) is 13.8. The van der Waals surface area contributed by atoms with Crippen LogP contribution >= 0.6 is 0 Å². The first-order chi connectivity index (χ1) is 9.08. The number of rotatable bonds is 5. The Bertz CT molecular complexity index is 620. The normalized spacial score (nSPS) is 10.6. The summed E-state index contributed by atoms with van der Waals surface area (Å²) in [5, 5.41) is 15.6. The van der Waals surface area contributed by atoms with Gasteiger partial charge in [0, 0.05) is 19.2 Å². The molecule has 1 amide bonds. The van der Waals surface area contributed by atoms with E-state index in [1.165, 1.54) is 6.20 Å². The molecule has 0 spiro atoms. The number of nitrogens with one attached hydrogen (secondary N) is 1. The fraction of sp³-hybridized carbons (Fsp3) is 0.333. The van der Waals surface area contributed by atoms with Gasteiger partial charge in [0.1, 0.15) is 0 Å². The van der Waals surface area contributed by atoms with Gasteiger partial charge in [-0.1, -0.05) is 5.16 Å². The van der Waals surface area contributed by atoms with Gasteiger partial charge >= 0.3 is 5.97 Å². The maximum Gasteiger partial charge on any atom is 0.303 e. The number of fused-ring (bicyclic) bond motifs is 1. The fourth-order valence-electron chi connectivity index (χ4n) is 1.61. The van der Waals surface area contributed by atoms with E-state index in [2.05, 4.69) is 15.5 Å². The molecule has 19 heavy (non-hydrogen) atoms. The first-order valence-electron chi connectivity index (χ1n) is 5.80. The molecule has 0 aromatic carbocycles. The van der Waals surface area contributed by atoms with E-state index < -0.39 is 5.97 Å². The second kappa shape index (κ2) is 5.47. The number of carboxylic acid groups (broad SMARTS) is 1. The van der Waals surface area contributed by atoms with Crippen molar-refractivity contribution in [1.29, 1.82) is 0 Å². The lowest BCUT2D eigenvalue weighted by Gasteiger charge is -2.03. The summed E-state index contributed by atoms with van der Waals surface area (Å²) in [6.45, 7) is 2.08. The van der Waals surface area contributed by atoms with E-state index in [9.17, 15) is 9.59 Å². The SMILES string of the molecule is Cc1noc2ncc(C(=O)NCCCC(=O)O)cc12. The number of hydrogen-bond donors (Lipinski definition) is 2. The molecule has 0 aliphatic carbocycles. The zero-order valence-electron chi connectivity index (χ0n) is 10.3. The minimum atomic E-state index is -0.877. The van der Waals surface area contributed by atoms with Crippen LogP contribution in [0.15, 0.2) is 16.8 Å². The molecule has 0 saturated carbocycles. The van der Waals surface area contributed by atoms with Crippen molar-refractivity contribution in [2.75, 3.05) is 6.54 Å². The van der Waals surface area contributed by atoms with Crippen LogP contribution in [-0.4, -0.2) is 33.7 Å². The standard InChI is InChI=1S/C12H13N3O4/c1-7-9-5-8(6-14-12(9)19-15-7)11(18)13-4-2-3-10(16)17/h5-6H,2-4H2,1H3,(H,13,18)(H,16,17). The summed E-state index contributed by atoms with van der Waals surface area (Å²) in [6, 6.07) is 1.65. The predicted octanol–water partition coefficient (Wildman–Crippen LogP) is 1.13. The maximum atomic E-state index is 11.8. The van der Waals surface area contributed by atoms with Gasteiger partial charge in [0.05, 0.1) is 16.6 Å². The van der Waals surface area contributed by atoms with Crippen molar-refractivity contribution in [2.24, 2.45) is 0 Å². The van der Waals surface area contributed by atoms with E-state index in [4.69, 9.17) is 9.63 Å². The Kier molecular flexibility index (Phi) is 3.74. The smallest absolute Gasteiger partial charge is 0.303 e. The monoisotopic (exact) mass is 263 g/mol. The third-order valence-corrected chi connectivity index (χ3v) is 2.63. The van der Waals surface area contributed by atoms with Crippen molar-refractivity contribution in [3.63, 3.8) is 0 Å². The number of pyridine rings is 1. The molecule has 100 valence electrons. The third kappa shape index (κ3) is 3.06. The van der Waals surface area contributed by atoms with E-state index in [1.807, 2.05) is 0 Å². The Morgan fingerprint density at radius 1 is 1.47 bits per heavy atom. The van der Waals surface area contributed by atoms with Crippen molar-refractivity contribution in [3.8, 4) is 0 Å². The van der Waals surface area contributed by atoms with Crippen molar-refractivity contribution in [2.45, 2.75) is 19.8 Å². The van der Waals surface area contributed by atoms with E-state index in [1.54, 1.807) is 13.0 Å². The quantitative estimate of drug-likeness (QED) is 0.783. The van der Waals surface area contributed by atoms with Crippen LogP contribution < -0.4 is 5.32 Å². The molecule has 2 N–H and O–H groups in total. The number of carbonyl (C=O) groups excluding carboxylic acids is 1. The minimum absolute atomic E-state index is 0.0301. The van der Waals surface area contributed by atoms with E-state index in [-0.39, 0.29) is 12.3 Å². The number of carboxylic acids is 1. The highest BCUT2D eigenvalue weighted by Crippen LogP contribution is 2.16. The second-order valence-electron chi connectivity index (χ2n) is 4.10. The van der Waals surface area contributed by atoms with Crippen LogP contribution in [0.2, 0.25) is 0 Å². The summed E-state index contributed by atoms with van der Waals surface area (Å²) >= 11 is 0. The van der Waals surface area contributed by atoms with Gasteiger partial charge in [-0.15, -0.1) is 0 Å². The van der Waals surface area contributed by atoms with Crippen molar-refractivity contribution < 1.29 is 19.2 Å². The van der Waals surface area contributed by atoms with Crippen LogP contribution in [0.3, 0.4) is 0 Å². The van der Waals surface area contributed by atoms with Gasteiger partial charge in [0.15, 0.2) is 0 Å². The van der Waals surface area contributed by atoms with Crippen LogP contribution in [0, 0.1) is 6.92 Å². The van der Waals surface area contributed by atoms with Gasteiger partial charge in [-0.2, -0.15) is 0 Å². The summed E-state index contributed by atoms with van der Waals surface area (Å²) in [4.78, 5) is 26.1. The topological polar surface area (TPSA) is 105 Å². The molecule has 2 rings (SSSR count). The number of hydrogen-bond acceptors (Lipinski definition) is 5. The molecule has 2 aromatic heterocycles. The lowest BCUT2D eigenvalue weighted by atomic mass is 10.2. The van der Waals surface area contributed by atoms with Gasteiger partial charge in [0.25, 0.3) is 11.6 Å². The molecule has 2 heterocycles. The summed E-state index contributed by atoms with van der Waals surface area (Å²) in [6.07, 6.45) is 1.82. The van der Waals surface area contributed by atoms with Crippen LogP contribution in [-0.2, 0) is 4.79 Å². The van der Waals surface area contributed by atoms with Crippen LogP contribution in [0.5, 0.6) is 0 Å². The maximum absolute atomic E-state index is 11.8. The molecular formula is C12H13N3O4. The second-order valence-corrected chi connectivity index (χ2v) is 4.10. The number of carbonyl (C=O) groups is 2. The lowest BCUT2D eigenvalue weighted by molar-refractivity contribution is -0.137. The lowest BCUT2D eigenvalue weighted by Crippen LogP contribution is -2.25. The molecule has 0 unspecified atom stereocenters. The molecule has 0 aliphatic heterocycles. The highest BCUT2D eigenvalue weighted by molar-refractivity contribution is 5.96. The molecule has 0 radical (unpaired) electrons. The third-order valence-electron chi connectivity index (χ3n) is 2.63. The average molecular weight is 263 g/mol. The van der Waals surface area contributed by atoms with Gasteiger partial charge < -0.3 is 14.9 Å². The Morgan fingerprint density at radius 2 is 2.26 bits per heavy atom. The van der Waals surface area contributed by atoms with Crippen molar-refractivity contribution in [3.05, 3.63) is 23.5 Å². The fourth-order valence-corrected chi connectivity index (χ4v) is 1.61. The van der Waals surface area contributed by atoms with Gasteiger partial charge in [-0.05, 0) is 19.4 Å². The number of nitrogens with zero attached hydrogens (tertiary/aromatic N) is 2. The largest absolute Gasteiger partial charge is 0.481 e. The minimum Gasteiger partial charge on any atom is -0.481 e. The summed E-state index contributed by atoms with van der Waals surface area (Å²) in [5.74, 6) is -1.17. The molecular weight excluding hydrogens is 250 g/mol. The Hall–Kier alpha value is -2.44. The van der Waals surface area contributed by atoms with Crippen molar-refractivity contribution >= 4 is 23.0 Å².